The van der Waals surface area contributed by atoms with Gasteiger partial charge in [0.25, 0.3) is 0 Å². The lowest BCUT2D eigenvalue weighted by Gasteiger charge is -2.18. The predicted octanol–water partition coefficient (Wildman–Crippen LogP) is 4.17. The molecule has 0 amide bonds. The third-order valence-corrected chi connectivity index (χ3v) is 4.50. The Labute approximate surface area is 144 Å². The first kappa shape index (κ1) is 16.3. The van der Waals surface area contributed by atoms with Crippen LogP contribution in [0.2, 0.25) is 0 Å². The molecule has 0 atom stereocenters. The Kier molecular flexibility index (Phi) is 4.99. The molecule has 2 aliphatic carbocycles. The second-order valence-corrected chi connectivity index (χ2v) is 6.25. The van der Waals surface area contributed by atoms with E-state index in [0.717, 1.165) is 29.4 Å². The molecule has 0 spiro atoms. The van der Waals surface area contributed by atoms with Crippen molar-refractivity contribution < 1.29 is 0 Å². The van der Waals surface area contributed by atoms with Crippen LogP contribution < -0.4 is 11.1 Å². The summed E-state index contributed by atoms with van der Waals surface area (Å²) in [7, 11) is 1.78. The van der Waals surface area contributed by atoms with Crippen LogP contribution >= 0.6 is 0 Å². The lowest BCUT2D eigenvalue weighted by Crippen LogP contribution is -2.22. The molecule has 3 nitrogen and oxygen atoms in total. The summed E-state index contributed by atoms with van der Waals surface area (Å²) in [5.74, 6) is 1.52. The Morgan fingerprint density at radius 3 is 2.62 bits per heavy atom. The average molecular weight is 319 g/mol. The second-order valence-electron chi connectivity index (χ2n) is 6.25. The van der Waals surface area contributed by atoms with Gasteiger partial charge in [-0.05, 0) is 54.9 Å². The van der Waals surface area contributed by atoms with E-state index in [9.17, 15) is 0 Å². The van der Waals surface area contributed by atoms with E-state index in [1.165, 1.54) is 24.0 Å². The number of hydrogen-bond acceptors (Lipinski definition) is 2. The zero-order valence-electron chi connectivity index (χ0n) is 14.4. The molecule has 3 N–H and O–H groups in total. The van der Waals surface area contributed by atoms with Gasteiger partial charge in [-0.2, -0.15) is 0 Å². The molecule has 0 unspecified atom stereocenters. The Morgan fingerprint density at radius 1 is 1.25 bits per heavy atom. The maximum Gasteiger partial charge on any atom is 0.127 e. The summed E-state index contributed by atoms with van der Waals surface area (Å²) >= 11 is 0. The summed E-state index contributed by atoms with van der Waals surface area (Å²) < 4.78 is 0. The van der Waals surface area contributed by atoms with Crippen molar-refractivity contribution in [2.24, 2.45) is 16.6 Å². The highest BCUT2D eigenvalue weighted by atomic mass is 15.0. The van der Waals surface area contributed by atoms with E-state index in [4.69, 9.17) is 5.73 Å². The van der Waals surface area contributed by atoms with Gasteiger partial charge in [-0.3, -0.25) is 4.99 Å². The smallest absolute Gasteiger partial charge is 0.127 e. The number of benzene rings is 1. The van der Waals surface area contributed by atoms with Crippen molar-refractivity contribution in [2.45, 2.75) is 26.2 Å². The number of hydrogen-bond donors (Lipinski definition) is 2. The van der Waals surface area contributed by atoms with Crippen LogP contribution in [0.4, 0.5) is 0 Å². The zero-order chi connectivity index (χ0) is 16.9. The Balaban J connectivity index is 1.76. The number of rotatable bonds is 4. The van der Waals surface area contributed by atoms with Crippen molar-refractivity contribution in [2.75, 3.05) is 7.05 Å². The van der Waals surface area contributed by atoms with E-state index >= 15 is 0 Å². The Bertz CT molecular complexity index is 745. The van der Waals surface area contributed by atoms with Gasteiger partial charge in [0.2, 0.25) is 0 Å². The molecular weight excluding hydrogens is 294 g/mol. The van der Waals surface area contributed by atoms with Crippen LogP contribution in [0.15, 0.2) is 76.5 Å². The topological polar surface area (TPSA) is 50.4 Å². The average Bonchev–Trinajstić information content (AvgIpc) is 3.46. The summed E-state index contributed by atoms with van der Waals surface area (Å²) in [5, 5.41) is 3.41. The van der Waals surface area contributed by atoms with Gasteiger partial charge in [0, 0.05) is 24.5 Å². The standard InChI is InChI=1S/C21H25N3/c1-3-15-11-12-18(13-19(15)16-9-10-16)24-21(23-2)14-20(22)17-7-5-4-6-8-17/h3-8,12-14,16H,9-11,22H2,1-2H3,(H,23,24)/b15-3-,20-14-. The fraction of sp³-hybridized carbons (Fsp3) is 0.286. The van der Waals surface area contributed by atoms with E-state index < -0.39 is 0 Å². The van der Waals surface area contributed by atoms with Crippen molar-refractivity contribution in [3.63, 3.8) is 0 Å². The molecule has 0 saturated heterocycles. The number of amidine groups is 1. The third-order valence-electron chi connectivity index (χ3n) is 4.50. The van der Waals surface area contributed by atoms with Gasteiger partial charge in [-0.25, -0.2) is 0 Å². The van der Waals surface area contributed by atoms with Crippen LogP contribution in [0.1, 0.15) is 31.7 Å². The third kappa shape index (κ3) is 3.85. The quantitative estimate of drug-likeness (QED) is 0.646. The molecule has 0 radical (unpaired) electrons. The molecule has 1 aromatic rings. The van der Waals surface area contributed by atoms with Gasteiger partial charge in [-0.1, -0.05) is 42.5 Å². The number of allylic oxidation sites excluding steroid dienone is 5. The van der Waals surface area contributed by atoms with Crippen LogP contribution in [-0.4, -0.2) is 12.9 Å². The second kappa shape index (κ2) is 7.35. The molecule has 3 rings (SSSR count). The molecule has 1 aromatic carbocycles. The number of nitrogens with two attached hydrogens (primary N) is 1. The van der Waals surface area contributed by atoms with E-state index in [1.807, 2.05) is 36.4 Å². The number of nitrogens with one attached hydrogen (secondary N) is 1. The van der Waals surface area contributed by atoms with Crippen molar-refractivity contribution in [1.29, 1.82) is 0 Å². The largest absolute Gasteiger partial charge is 0.398 e. The zero-order valence-corrected chi connectivity index (χ0v) is 14.4. The van der Waals surface area contributed by atoms with E-state index in [1.54, 1.807) is 7.05 Å². The first-order chi connectivity index (χ1) is 11.7. The summed E-state index contributed by atoms with van der Waals surface area (Å²) in [6.45, 7) is 2.13. The lowest BCUT2D eigenvalue weighted by atomic mass is 9.93. The summed E-state index contributed by atoms with van der Waals surface area (Å²) in [4.78, 5) is 4.34. The van der Waals surface area contributed by atoms with Crippen molar-refractivity contribution >= 4 is 11.5 Å². The van der Waals surface area contributed by atoms with Gasteiger partial charge >= 0.3 is 0 Å². The van der Waals surface area contributed by atoms with Crippen molar-refractivity contribution in [3.05, 3.63) is 77.0 Å². The predicted molar refractivity (Wildman–Crippen MR) is 102 cm³/mol. The van der Waals surface area contributed by atoms with Gasteiger partial charge in [0.05, 0.1) is 0 Å². The molecule has 3 heteroatoms. The molecular formula is C21H25N3. The molecule has 1 fully saturated rings. The number of nitrogens with zero attached hydrogens (tertiary/aromatic N) is 1. The van der Waals surface area contributed by atoms with Crippen LogP contribution in [0.25, 0.3) is 5.70 Å². The highest BCUT2D eigenvalue weighted by molar-refractivity contribution is 5.99. The minimum atomic E-state index is 0.709. The van der Waals surface area contributed by atoms with Gasteiger partial charge < -0.3 is 11.1 Å². The maximum absolute atomic E-state index is 6.20. The lowest BCUT2D eigenvalue weighted by molar-refractivity contribution is 0.950. The first-order valence-corrected chi connectivity index (χ1v) is 8.55. The highest BCUT2D eigenvalue weighted by Crippen LogP contribution is 2.42. The molecule has 0 bridgehead atoms. The summed E-state index contributed by atoms with van der Waals surface area (Å²) in [5.41, 5.74) is 12.0. The summed E-state index contributed by atoms with van der Waals surface area (Å²) in [6, 6.07) is 9.96. The van der Waals surface area contributed by atoms with E-state index in [2.05, 4.69) is 35.5 Å². The monoisotopic (exact) mass is 319 g/mol. The van der Waals surface area contributed by atoms with Crippen molar-refractivity contribution in [3.8, 4) is 0 Å². The fourth-order valence-corrected chi connectivity index (χ4v) is 2.97. The van der Waals surface area contributed by atoms with Gasteiger partial charge in [0.15, 0.2) is 0 Å². The minimum Gasteiger partial charge on any atom is -0.398 e. The van der Waals surface area contributed by atoms with E-state index in [-0.39, 0.29) is 0 Å². The highest BCUT2D eigenvalue weighted by Gasteiger charge is 2.29. The normalized spacial score (nSPS) is 20.7. The Morgan fingerprint density at radius 2 is 2.00 bits per heavy atom. The van der Waals surface area contributed by atoms with E-state index in [0.29, 0.717) is 5.70 Å². The van der Waals surface area contributed by atoms with Crippen LogP contribution in [0.3, 0.4) is 0 Å². The maximum atomic E-state index is 6.20. The molecule has 2 aliphatic rings. The molecule has 0 heterocycles. The molecule has 1 saturated carbocycles. The fourth-order valence-electron chi connectivity index (χ4n) is 2.97. The van der Waals surface area contributed by atoms with Crippen LogP contribution in [0, 0.1) is 5.92 Å². The van der Waals surface area contributed by atoms with Crippen molar-refractivity contribution in [1.82, 2.24) is 5.32 Å². The summed E-state index contributed by atoms with van der Waals surface area (Å²) in [6.07, 6.45) is 12.2. The van der Waals surface area contributed by atoms with Crippen LogP contribution in [-0.2, 0) is 0 Å². The molecule has 0 aliphatic heterocycles. The van der Waals surface area contributed by atoms with Gasteiger partial charge in [0.1, 0.15) is 5.84 Å². The first-order valence-electron chi connectivity index (χ1n) is 8.55. The molecule has 124 valence electrons. The molecule has 24 heavy (non-hydrogen) atoms. The van der Waals surface area contributed by atoms with Gasteiger partial charge in [-0.15, -0.1) is 0 Å². The number of aliphatic imine (C=N–C) groups is 1. The SMILES string of the molecule is C/C=C1/CC=C(NC(/C=C(\N)c2ccccc2)=NC)C=C1C1CC1. The minimum absolute atomic E-state index is 0.709. The van der Waals surface area contributed by atoms with Crippen LogP contribution in [0.5, 0.6) is 0 Å². The molecule has 0 aromatic heterocycles. The Hall–Kier alpha value is -2.55.